The van der Waals surface area contributed by atoms with Gasteiger partial charge in [0.2, 0.25) is 5.95 Å². The van der Waals surface area contributed by atoms with Crippen molar-refractivity contribution in [3.63, 3.8) is 0 Å². The fourth-order valence-electron chi connectivity index (χ4n) is 3.19. The van der Waals surface area contributed by atoms with E-state index in [1.807, 2.05) is 49.1 Å². The van der Waals surface area contributed by atoms with E-state index in [0.29, 0.717) is 12.5 Å². The zero-order chi connectivity index (χ0) is 20.1. The average Bonchev–Trinajstić information content (AvgIpc) is 3.43. The summed E-state index contributed by atoms with van der Waals surface area (Å²) in [7, 11) is 1.95. The minimum atomic E-state index is -0.0596. The van der Waals surface area contributed by atoms with Crippen LogP contribution in [0.4, 0.5) is 27.9 Å². The van der Waals surface area contributed by atoms with Crippen LogP contribution in [0.15, 0.2) is 53.3 Å². The molecule has 0 bridgehead atoms. The molecule has 4 rings (SSSR count). The number of nitrogens with zero attached hydrogens (tertiary/aromatic N) is 3. The van der Waals surface area contributed by atoms with Gasteiger partial charge in [-0.3, -0.25) is 0 Å². The number of urea groups is 1. The molecule has 8 nitrogen and oxygen atoms in total. The SMILES string of the molecule is Bc1cnc(Nc2cccc(NC(=O)N3CCCC3)c2)nc1NCc1ccco1. The largest absolute Gasteiger partial charge is 0.467 e. The number of hydrogen-bond donors (Lipinski definition) is 3. The minimum absolute atomic E-state index is 0.0596. The van der Waals surface area contributed by atoms with Crippen molar-refractivity contribution in [2.75, 3.05) is 29.0 Å². The number of nitrogens with one attached hydrogen (secondary N) is 3. The molecule has 3 heterocycles. The van der Waals surface area contributed by atoms with E-state index in [-0.39, 0.29) is 6.03 Å². The lowest BCUT2D eigenvalue weighted by molar-refractivity contribution is 0.222. The molecular weight excluding hydrogens is 367 g/mol. The van der Waals surface area contributed by atoms with Crippen molar-refractivity contribution in [2.24, 2.45) is 0 Å². The third-order valence-corrected chi connectivity index (χ3v) is 4.75. The van der Waals surface area contributed by atoms with Crippen molar-refractivity contribution in [3.8, 4) is 0 Å². The molecular formula is C20H23BN6O2. The normalized spacial score (nSPS) is 13.3. The highest BCUT2D eigenvalue weighted by molar-refractivity contribution is 6.35. The van der Waals surface area contributed by atoms with Gasteiger partial charge >= 0.3 is 6.03 Å². The molecule has 3 aromatic rings. The predicted molar refractivity (Wildman–Crippen MR) is 116 cm³/mol. The lowest BCUT2D eigenvalue weighted by Gasteiger charge is -2.16. The Balaban J connectivity index is 1.42. The molecule has 1 fully saturated rings. The summed E-state index contributed by atoms with van der Waals surface area (Å²) in [6, 6.07) is 11.2. The van der Waals surface area contributed by atoms with Gasteiger partial charge in [0.05, 0.1) is 12.8 Å². The van der Waals surface area contributed by atoms with Gasteiger partial charge in [-0.1, -0.05) is 6.07 Å². The summed E-state index contributed by atoms with van der Waals surface area (Å²) in [5.41, 5.74) is 2.47. The van der Waals surface area contributed by atoms with E-state index in [4.69, 9.17) is 4.42 Å². The molecule has 0 saturated carbocycles. The molecule has 1 aliphatic rings. The van der Waals surface area contributed by atoms with Gasteiger partial charge in [0, 0.05) is 30.7 Å². The summed E-state index contributed by atoms with van der Waals surface area (Å²) in [4.78, 5) is 23.0. The van der Waals surface area contributed by atoms with Crippen LogP contribution < -0.4 is 21.4 Å². The maximum absolute atomic E-state index is 12.3. The Morgan fingerprint density at radius 1 is 1.17 bits per heavy atom. The molecule has 0 radical (unpaired) electrons. The Morgan fingerprint density at radius 3 is 2.79 bits per heavy atom. The standard InChI is InChI=1S/C20H23BN6O2/c21-17-13-23-19(26-18(17)22-12-16-7-4-10-29-16)24-14-5-3-6-15(11-14)25-20(28)27-8-1-2-9-27/h3-7,10-11,13H,1-2,8-9,12,21H2,(H,25,28)(H2,22,23,24,26). The highest BCUT2D eigenvalue weighted by Gasteiger charge is 2.17. The van der Waals surface area contributed by atoms with Crippen LogP contribution in [0.2, 0.25) is 0 Å². The van der Waals surface area contributed by atoms with E-state index in [2.05, 4.69) is 25.9 Å². The molecule has 2 aromatic heterocycles. The number of anilines is 4. The summed E-state index contributed by atoms with van der Waals surface area (Å²) in [6.45, 7) is 2.17. The maximum Gasteiger partial charge on any atom is 0.321 e. The van der Waals surface area contributed by atoms with Crippen molar-refractivity contribution in [3.05, 3.63) is 54.6 Å². The zero-order valence-electron chi connectivity index (χ0n) is 16.3. The van der Waals surface area contributed by atoms with Crippen molar-refractivity contribution >= 4 is 42.5 Å². The van der Waals surface area contributed by atoms with E-state index < -0.39 is 0 Å². The first kappa shape index (κ1) is 18.9. The Bertz CT molecular complexity index is 973. The fraction of sp³-hybridized carbons (Fsp3) is 0.250. The molecule has 1 saturated heterocycles. The number of aromatic nitrogens is 2. The van der Waals surface area contributed by atoms with E-state index in [9.17, 15) is 4.79 Å². The predicted octanol–water partition coefficient (Wildman–Crippen LogP) is 2.31. The quantitative estimate of drug-likeness (QED) is 0.559. The number of furan rings is 1. The van der Waals surface area contributed by atoms with Crippen molar-refractivity contribution in [2.45, 2.75) is 19.4 Å². The van der Waals surface area contributed by atoms with Crippen molar-refractivity contribution < 1.29 is 9.21 Å². The van der Waals surface area contributed by atoms with Gasteiger partial charge < -0.3 is 25.3 Å². The van der Waals surface area contributed by atoms with E-state index >= 15 is 0 Å². The third kappa shape index (κ3) is 4.87. The van der Waals surface area contributed by atoms with Gasteiger partial charge in [-0.15, -0.1) is 0 Å². The topological polar surface area (TPSA) is 95.3 Å². The third-order valence-electron chi connectivity index (χ3n) is 4.75. The van der Waals surface area contributed by atoms with E-state index in [1.54, 1.807) is 12.5 Å². The van der Waals surface area contributed by atoms with Crippen LogP contribution in [0.5, 0.6) is 0 Å². The Morgan fingerprint density at radius 2 is 2.00 bits per heavy atom. The molecule has 2 amide bonds. The highest BCUT2D eigenvalue weighted by Crippen LogP contribution is 2.19. The Labute approximate surface area is 170 Å². The van der Waals surface area contributed by atoms with Crippen LogP contribution in [0, 0.1) is 0 Å². The molecule has 0 aliphatic carbocycles. The number of carbonyl (C=O) groups excluding carboxylic acids is 1. The van der Waals surface area contributed by atoms with Crippen molar-refractivity contribution in [1.29, 1.82) is 0 Å². The maximum atomic E-state index is 12.3. The molecule has 0 unspecified atom stereocenters. The van der Waals surface area contributed by atoms with E-state index in [1.165, 1.54) is 0 Å². The molecule has 1 aliphatic heterocycles. The van der Waals surface area contributed by atoms with Crippen LogP contribution in [0.1, 0.15) is 18.6 Å². The first-order valence-corrected chi connectivity index (χ1v) is 9.70. The second kappa shape index (κ2) is 8.68. The molecule has 0 spiro atoms. The van der Waals surface area contributed by atoms with Crippen LogP contribution in [0.25, 0.3) is 0 Å². The smallest absolute Gasteiger partial charge is 0.321 e. The fourth-order valence-corrected chi connectivity index (χ4v) is 3.19. The van der Waals surface area contributed by atoms with Gasteiger partial charge in [-0.2, -0.15) is 4.98 Å². The minimum Gasteiger partial charge on any atom is -0.467 e. The van der Waals surface area contributed by atoms with Crippen molar-refractivity contribution in [1.82, 2.24) is 14.9 Å². The van der Waals surface area contributed by atoms with Crippen LogP contribution in [-0.4, -0.2) is 41.8 Å². The second-order valence-corrected chi connectivity index (χ2v) is 6.99. The summed E-state index contributed by atoms with van der Waals surface area (Å²) in [6.07, 6.45) is 5.54. The van der Waals surface area contributed by atoms with Gasteiger partial charge in [0.1, 0.15) is 19.4 Å². The average molecular weight is 390 g/mol. The zero-order valence-corrected chi connectivity index (χ0v) is 16.3. The summed E-state index contributed by atoms with van der Waals surface area (Å²) in [5.74, 6) is 2.04. The number of amides is 2. The van der Waals surface area contributed by atoms with Crippen LogP contribution in [-0.2, 0) is 6.54 Å². The van der Waals surface area contributed by atoms with Gasteiger partial charge in [0.15, 0.2) is 0 Å². The molecule has 148 valence electrons. The van der Waals surface area contributed by atoms with Gasteiger partial charge in [0.25, 0.3) is 0 Å². The first-order valence-electron chi connectivity index (χ1n) is 9.70. The molecule has 9 heteroatoms. The lowest BCUT2D eigenvalue weighted by atomic mass is 9.99. The number of hydrogen-bond acceptors (Lipinski definition) is 6. The highest BCUT2D eigenvalue weighted by atomic mass is 16.3. The Hall–Kier alpha value is -3.49. The van der Waals surface area contributed by atoms with E-state index in [0.717, 1.165) is 54.3 Å². The number of rotatable bonds is 6. The second-order valence-electron chi connectivity index (χ2n) is 6.99. The van der Waals surface area contributed by atoms with Gasteiger partial charge in [-0.05, 0) is 48.6 Å². The monoisotopic (exact) mass is 390 g/mol. The number of benzene rings is 1. The summed E-state index contributed by atoms with van der Waals surface area (Å²) in [5, 5.41) is 9.41. The van der Waals surface area contributed by atoms with Crippen LogP contribution in [0.3, 0.4) is 0 Å². The number of likely N-dealkylation sites (tertiary alicyclic amines) is 1. The molecule has 1 aromatic carbocycles. The Kier molecular flexibility index (Phi) is 5.65. The van der Waals surface area contributed by atoms with Gasteiger partial charge in [-0.25, -0.2) is 9.78 Å². The molecule has 3 N–H and O–H groups in total. The molecule has 0 atom stereocenters. The summed E-state index contributed by atoms with van der Waals surface area (Å²) < 4.78 is 5.34. The molecule has 29 heavy (non-hydrogen) atoms. The number of carbonyl (C=O) groups is 1. The lowest BCUT2D eigenvalue weighted by Crippen LogP contribution is -2.32. The first-order chi connectivity index (χ1) is 14.2. The summed E-state index contributed by atoms with van der Waals surface area (Å²) >= 11 is 0. The van der Waals surface area contributed by atoms with Crippen LogP contribution >= 0.6 is 0 Å².